The van der Waals surface area contributed by atoms with E-state index in [1.165, 1.54) is 0 Å². The number of rotatable bonds is 0. The molecule has 2 nitrogen and oxygen atoms in total. The molecule has 44 valence electrons. The van der Waals surface area contributed by atoms with Crippen LogP contribution in [0.1, 0.15) is 0 Å². The first-order valence-electron chi connectivity index (χ1n) is 0.894. The van der Waals surface area contributed by atoms with Crippen molar-refractivity contribution in [3.8, 4) is 0 Å². The van der Waals surface area contributed by atoms with E-state index in [1.807, 2.05) is 0 Å². The molecule has 0 heterocycles. The Hall–Kier alpha value is 0.439. The van der Waals surface area contributed by atoms with E-state index < -0.39 is 0 Å². The summed E-state index contributed by atoms with van der Waals surface area (Å²) in [6, 6.07) is 0. The van der Waals surface area contributed by atoms with E-state index in [0.717, 1.165) is 14.2 Å². The molecule has 0 fully saturated rings. The standard InChI is InChI=1S/2CH4O.CH3.Fe/c2*1-2;;/h2*2H,1H3;1H3;/q;;-1;. The molecule has 6 heavy (non-hydrogen) atoms. The maximum Gasteiger partial charge on any atom is 0.0319 e. The van der Waals surface area contributed by atoms with E-state index in [9.17, 15) is 0 Å². The molecule has 0 atom stereocenters. The van der Waals surface area contributed by atoms with Gasteiger partial charge in [-0.15, -0.1) is 0 Å². The van der Waals surface area contributed by atoms with Gasteiger partial charge in [0, 0.05) is 31.3 Å². The average Bonchev–Trinajstić information content (AvgIpc) is 1.50. The van der Waals surface area contributed by atoms with Crippen LogP contribution in [0, 0.1) is 7.43 Å². The second-order valence-corrected chi connectivity index (χ2v) is 0. The zero-order valence-corrected chi connectivity index (χ0v) is 5.35. The Labute approximate surface area is 49.7 Å². The normalized spacial score (nSPS) is 2.00. The smallest absolute Gasteiger partial charge is 0.0319 e. The minimum atomic E-state index is 0. The Morgan fingerprint density at radius 2 is 0.833 bits per heavy atom. The Balaban J connectivity index is -0.00000000500. The monoisotopic (exact) mass is 135 g/mol. The molecule has 0 aliphatic heterocycles. The van der Waals surface area contributed by atoms with Crippen LogP contribution >= 0.6 is 0 Å². The van der Waals surface area contributed by atoms with Crippen LogP contribution in [0.4, 0.5) is 0 Å². The average molecular weight is 135 g/mol. The quantitative estimate of drug-likeness (QED) is 0.352. The number of aliphatic hydroxyl groups is 2. The Morgan fingerprint density at radius 1 is 0.833 bits per heavy atom. The summed E-state index contributed by atoms with van der Waals surface area (Å²) in [5.41, 5.74) is 0. The van der Waals surface area contributed by atoms with Gasteiger partial charge in [0.2, 0.25) is 0 Å². The number of hydrogen-bond acceptors (Lipinski definition) is 2. The van der Waals surface area contributed by atoms with Crippen LogP contribution in [-0.4, -0.2) is 24.4 Å². The van der Waals surface area contributed by atoms with Crippen molar-refractivity contribution in [3.63, 3.8) is 0 Å². The summed E-state index contributed by atoms with van der Waals surface area (Å²) in [6.07, 6.45) is 0. The molecule has 0 aromatic rings. The summed E-state index contributed by atoms with van der Waals surface area (Å²) in [7, 11) is 2.00. The van der Waals surface area contributed by atoms with E-state index in [-0.39, 0.29) is 24.5 Å². The molecule has 0 amide bonds. The van der Waals surface area contributed by atoms with Crippen molar-refractivity contribution in [2.75, 3.05) is 14.2 Å². The Bertz CT molecular complexity index is 8.75. The minimum Gasteiger partial charge on any atom is -0.400 e. The van der Waals surface area contributed by atoms with E-state index in [4.69, 9.17) is 10.2 Å². The molecule has 3 heteroatoms. The van der Waals surface area contributed by atoms with Crippen LogP contribution in [-0.2, 0) is 17.1 Å². The molecule has 0 aliphatic rings. The van der Waals surface area contributed by atoms with Crippen LogP contribution in [0.5, 0.6) is 0 Å². The van der Waals surface area contributed by atoms with Gasteiger partial charge < -0.3 is 17.6 Å². The summed E-state index contributed by atoms with van der Waals surface area (Å²) < 4.78 is 0. The SMILES string of the molecule is CO.CO.[CH3-].[Fe]. The van der Waals surface area contributed by atoms with Gasteiger partial charge in [0.05, 0.1) is 0 Å². The molecule has 0 saturated carbocycles. The Kier molecular flexibility index (Phi) is 2960. The van der Waals surface area contributed by atoms with Crippen molar-refractivity contribution >= 4 is 0 Å². The van der Waals surface area contributed by atoms with E-state index >= 15 is 0 Å². The fraction of sp³-hybridized carbons (Fsp3) is 0.667. The summed E-state index contributed by atoms with van der Waals surface area (Å²) in [4.78, 5) is 0. The first-order valence-corrected chi connectivity index (χ1v) is 0.894. The van der Waals surface area contributed by atoms with Crippen molar-refractivity contribution in [2.24, 2.45) is 0 Å². The second-order valence-electron chi connectivity index (χ2n) is 0. The van der Waals surface area contributed by atoms with Gasteiger partial charge in [-0.3, -0.25) is 0 Å². The minimum absolute atomic E-state index is 0. The molecule has 0 radical (unpaired) electrons. The van der Waals surface area contributed by atoms with Gasteiger partial charge in [-0.1, -0.05) is 0 Å². The first-order chi connectivity index (χ1) is 2.00. The zero-order valence-electron chi connectivity index (χ0n) is 4.25. The van der Waals surface area contributed by atoms with Crippen molar-refractivity contribution in [3.05, 3.63) is 7.43 Å². The summed E-state index contributed by atoms with van der Waals surface area (Å²) in [5, 5.41) is 14.0. The molecule has 0 spiro atoms. The van der Waals surface area contributed by atoms with Gasteiger partial charge in [0.25, 0.3) is 0 Å². The van der Waals surface area contributed by atoms with Crippen molar-refractivity contribution in [1.29, 1.82) is 0 Å². The van der Waals surface area contributed by atoms with Crippen LogP contribution in [0.15, 0.2) is 0 Å². The van der Waals surface area contributed by atoms with E-state index in [1.54, 1.807) is 0 Å². The third-order valence-electron chi connectivity index (χ3n) is 0. The van der Waals surface area contributed by atoms with Gasteiger partial charge >= 0.3 is 0 Å². The Morgan fingerprint density at radius 3 is 0.833 bits per heavy atom. The predicted molar refractivity (Wildman–Crippen MR) is 22.7 cm³/mol. The topological polar surface area (TPSA) is 40.5 Å². The van der Waals surface area contributed by atoms with Crippen LogP contribution < -0.4 is 0 Å². The maximum atomic E-state index is 7.00. The third-order valence-corrected chi connectivity index (χ3v) is 0. The third kappa shape index (κ3) is 272. The maximum absolute atomic E-state index is 7.00. The van der Waals surface area contributed by atoms with E-state index in [2.05, 4.69) is 0 Å². The zero-order chi connectivity index (χ0) is 4.00. The predicted octanol–water partition coefficient (Wildman–Crippen LogP) is -0.335. The van der Waals surface area contributed by atoms with Gasteiger partial charge in [0.1, 0.15) is 0 Å². The molecule has 0 aromatic heterocycles. The van der Waals surface area contributed by atoms with Crippen molar-refractivity contribution in [2.45, 2.75) is 0 Å². The van der Waals surface area contributed by atoms with E-state index in [0.29, 0.717) is 0 Å². The number of hydrogen-bond donors (Lipinski definition) is 2. The molecule has 0 aliphatic carbocycles. The molecule has 0 rings (SSSR count). The van der Waals surface area contributed by atoms with Gasteiger partial charge in [-0.05, 0) is 0 Å². The van der Waals surface area contributed by atoms with Gasteiger partial charge in [-0.2, -0.15) is 0 Å². The molecule has 2 N–H and O–H groups in total. The van der Waals surface area contributed by atoms with Crippen molar-refractivity contribution in [1.82, 2.24) is 0 Å². The van der Waals surface area contributed by atoms with Gasteiger partial charge in [0.15, 0.2) is 0 Å². The van der Waals surface area contributed by atoms with Crippen LogP contribution in [0.2, 0.25) is 0 Å². The number of aliphatic hydroxyl groups excluding tert-OH is 2. The molecule has 0 bridgehead atoms. The molecular weight excluding hydrogens is 124 g/mol. The van der Waals surface area contributed by atoms with Gasteiger partial charge in [-0.25, -0.2) is 0 Å². The first kappa shape index (κ1) is 32.0. The largest absolute Gasteiger partial charge is 0.400 e. The summed E-state index contributed by atoms with van der Waals surface area (Å²) >= 11 is 0. The molecule has 0 unspecified atom stereocenters. The summed E-state index contributed by atoms with van der Waals surface area (Å²) in [5.74, 6) is 0. The molecule has 0 aromatic carbocycles. The molecule has 0 saturated heterocycles. The second kappa shape index (κ2) is 555. The summed E-state index contributed by atoms with van der Waals surface area (Å²) in [6.45, 7) is 0. The fourth-order valence-corrected chi connectivity index (χ4v) is 0. The van der Waals surface area contributed by atoms with Crippen molar-refractivity contribution < 1.29 is 27.3 Å². The fourth-order valence-electron chi connectivity index (χ4n) is 0. The van der Waals surface area contributed by atoms with Crippen LogP contribution in [0.3, 0.4) is 0 Å². The van der Waals surface area contributed by atoms with Crippen LogP contribution in [0.25, 0.3) is 0 Å². The molecular formula is C3H11FeO2-.